The Bertz CT molecular complexity index is 1070. The van der Waals surface area contributed by atoms with E-state index in [9.17, 15) is 18.0 Å². The van der Waals surface area contributed by atoms with Gasteiger partial charge >= 0.3 is 5.97 Å². The zero-order valence-corrected chi connectivity index (χ0v) is 20.2. The second kappa shape index (κ2) is 10.2. The molecule has 0 bridgehead atoms. The summed E-state index contributed by atoms with van der Waals surface area (Å²) in [7, 11) is -3.66. The van der Waals surface area contributed by atoms with Crippen LogP contribution >= 0.6 is 11.3 Å². The van der Waals surface area contributed by atoms with E-state index in [1.807, 2.05) is 0 Å². The van der Waals surface area contributed by atoms with Crippen LogP contribution in [0.15, 0.2) is 40.1 Å². The molecular weight excluding hydrogens is 464 g/mol. The lowest BCUT2D eigenvalue weighted by Crippen LogP contribution is -2.48. The van der Waals surface area contributed by atoms with Crippen molar-refractivity contribution in [3.05, 3.63) is 41.4 Å². The third-order valence-electron chi connectivity index (χ3n) is 5.94. The first kappa shape index (κ1) is 23.7. The van der Waals surface area contributed by atoms with E-state index in [0.29, 0.717) is 51.2 Å². The van der Waals surface area contributed by atoms with Gasteiger partial charge in [0.2, 0.25) is 5.91 Å². The summed E-state index contributed by atoms with van der Waals surface area (Å²) in [6.07, 6.45) is 3.47. The van der Waals surface area contributed by atoms with Crippen LogP contribution in [0.4, 0.5) is 5.82 Å². The number of thiophene rings is 1. The molecule has 2 fully saturated rings. The van der Waals surface area contributed by atoms with Crippen molar-refractivity contribution in [2.45, 2.75) is 36.4 Å². The summed E-state index contributed by atoms with van der Waals surface area (Å²) in [4.78, 5) is 33.4. The monoisotopic (exact) mass is 492 g/mol. The van der Waals surface area contributed by atoms with Crippen molar-refractivity contribution in [2.24, 2.45) is 0 Å². The minimum atomic E-state index is -3.66. The van der Waals surface area contributed by atoms with Crippen LogP contribution in [0.25, 0.3) is 0 Å². The van der Waals surface area contributed by atoms with E-state index in [-0.39, 0.29) is 10.1 Å². The molecule has 0 saturated carbocycles. The molecule has 2 aliphatic rings. The number of esters is 1. The Labute approximate surface area is 198 Å². The van der Waals surface area contributed by atoms with Crippen LogP contribution in [0.1, 0.15) is 36.5 Å². The minimum absolute atomic E-state index is 0.125. The van der Waals surface area contributed by atoms with Crippen molar-refractivity contribution in [3.63, 3.8) is 0 Å². The Morgan fingerprint density at radius 2 is 1.97 bits per heavy atom. The van der Waals surface area contributed by atoms with Gasteiger partial charge in [0, 0.05) is 38.9 Å². The fraction of sp³-hybridized carbons (Fsp3) is 0.500. The second-order valence-corrected chi connectivity index (χ2v) is 11.1. The number of carbonyl (C=O) groups excluding carboxylic acids is 2. The van der Waals surface area contributed by atoms with Gasteiger partial charge in [-0.15, -0.1) is 11.3 Å². The maximum Gasteiger partial charge on any atom is 0.339 e. The van der Waals surface area contributed by atoms with Gasteiger partial charge in [0.25, 0.3) is 10.0 Å². The zero-order valence-electron chi connectivity index (χ0n) is 18.6. The number of ether oxygens (including phenoxy) is 1. The van der Waals surface area contributed by atoms with Crippen LogP contribution in [0.5, 0.6) is 0 Å². The van der Waals surface area contributed by atoms with E-state index in [0.717, 1.165) is 18.8 Å². The van der Waals surface area contributed by atoms with Gasteiger partial charge in [0.05, 0.1) is 12.2 Å². The molecule has 0 radical (unpaired) electrons. The minimum Gasteiger partial charge on any atom is -0.462 e. The molecule has 2 aromatic heterocycles. The van der Waals surface area contributed by atoms with Crippen molar-refractivity contribution >= 4 is 39.1 Å². The number of carbonyl (C=O) groups is 2. The maximum absolute atomic E-state index is 13.3. The SMILES string of the molecule is CCOC(=O)c1ccc(N2CCCN(C(=O)C3CCCN3S(=O)(=O)c3cccs3)CC2)nc1. The molecule has 178 valence electrons. The van der Waals surface area contributed by atoms with E-state index in [2.05, 4.69) is 9.88 Å². The van der Waals surface area contributed by atoms with E-state index in [1.165, 1.54) is 21.8 Å². The molecule has 0 aliphatic carbocycles. The summed E-state index contributed by atoms with van der Waals surface area (Å²) >= 11 is 1.18. The predicted molar refractivity (Wildman–Crippen MR) is 125 cm³/mol. The number of pyridine rings is 1. The fourth-order valence-corrected chi connectivity index (χ4v) is 7.06. The largest absolute Gasteiger partial charge is 0.462 e. The van der Waals surface area contributed by atoms with E-state index in [4.69, 9.17) is 4.74 Å². The summed E-state index contributed by atoms with van der Waals surface area (Å²) in [5.41, 5.74) is 0.403. The molecule has 2 saturated heterocycles. The van der Waals surface area contributed by atoms with Crippen molar-refractivity contribution in [3.8, 4) is 0 Å². The molecular formula is C22H28N4O5S2. The van der Waals surface area contributed by atoms with E-state index >= 15 is 0 Å². The smallest absolute Gasteiger partial charge is 0.339 e. The number of sulfonamides is 1. The molecule has 1 amide bonds. The quantitative estimate of drug-likeness (QED) is 0.570. The zero-order chi connectivity index (χ0) is 23.4. The Morgan fingerprint density at radius 3 is 2.67 bits per heavy atom. The molecule has 1 atom stereocenters. The molecule has 0 spiro atoms. The summed E-state index contributed by atoms with van der Waals surface area (Å²) in [6, 6.07) is 6.13. The van der Waals surface area contributed by atoms with Crippen molar-refractivity contribution in [1.29, 1.82) is 0 Å². The van der Waals surface area contributed by atoms with Gasteiger partial charge < -0.3 is 14.5 Å². The molecule has 33 heavy (non-hydrogen) atoms. The molecule has 2 aliphatic heterocycles. The van der Waals surface area contributed by atoms with E-state index in [1.54, 1.807) is 41.5 Å². The molecule has 0 aromatic carbocycles. The normalized spacial score (nSPS) is 20.0. The number of aromatic nitrogens is 1. The fourth-order valence-electron chi connectivity index (χ4n) is 4.29. The van der Waals surface area contributed by atoms with Crippen LogP contribution in [0.3, 0.4) is 0 Å². The molecule has 4 heterocycles. The van der Waals surface area contributed by atoms with Gasteiger partial charge in [0.15, 0.2) is 0 Å². The summed E-state index contributed by atoms with van der Waals surface area (Å²) in [6.45, 7) is 4.80. The first-order valence-corrected chi connectivity index (χ1v) is 13.5. The Morgan fingerprint density at radius 1 is 1.12 bits per heavy atom. The molecule has 9 nitrogen and oxygen atoms in total. The molecule has 1 unspecified atom stereocenters. The maximum atomic E-state index is 13.3. The molecule has 4 rings (SSSR count). The van der Waals surface area contributed by atoms with Crippen LogP contribution in [0, 0.1) is 0 Å². The van der Waals surface area contributed by atoms with Crippen LogP contribution < -0.4 is 4.90 Å². The number of hydrogen-bond acceptors (Lipinski definition) is 8. The predicted octanol–water partition coefficient (Wildman–Crippen LogP) is 2.21. The number of hydrogen-bond donors (Lipinski definition) is 0. The second-order valence-electron chi connectivity index (χ2n) is 8.00. The van der Waals surface area contributed by atoms with Crippen molar-refractivity contribution < 1.29 is 22.7 Å². The average molecular weight is 493 g/mol. The average Bonchev–Trinajstić information content (AvgIpc) is 3.48. The van der Waals surface area contributed by atoms with Gasteiger partial charge in [-0.2, -0.15) is 4.31 Å². The van der Waals surface area contributed by atoms with Crippen molar-refractivity contribution in [2.75, 3.05) is 44.2 Å². The van der Waals surface area contributed by atoms with Gasteiger partial charge in [-0.05, 0) is 49.8 Å². The number of amides is 1. The van der Waals surface area contributed by atoms with Gasteiger partial charge in [0.1, 0.15) is 16.1 Å². The highest BCUT2D eigenvalue weighted by Gasteiger charge is 2.41. The number of anilines is 1. The summed E-state index contributed by atoms with van der Waals surface area (Å²) in [5.74, 6) is 0.211. The van der Waals surface area contributed by atoms with E-state index < -0.39 is 22.0 Å². The van der Waals surface area contributed by atoms with Crippen LogP contribution in [-0.2, 0) is 19.6 Å². The van der Waals surface area contributed by atoms with Crippen molar-refractivity contribution in [1.82, 2.24) is 14.2 Å². The molecule has 0 N–H and O–H groups in total. The first-order chi connectivity index (χ1) is 15.9. The Kier molecular flexibility index (Phi) is 7.30. The molecule has 2 aromatic rings. The van der Waals surface area contributed by atoms with Gasteiger partial charge in [-0.25, -0.2) is 18.2 Å². The van der Waals surface area contributed by atoms with Gasteiger partial charge in [-0.3, -0.25) is 4.79 Å². The highest BCUT2D eigenvalue weighted by atomic mass is 32.2. The van der Waals surface area contributed by atoms with Crippen LogP contribution in [-0.4, -0.2) is 79.9 Å². The first-order valence-electron chi connectivity index (χ1n) is 11.1. The number of rotatable bonds is 6. The highest BCUT2D eigenvalue weighted by Crippen LogP contribution is 2.29. The third kappa shape index (κ3) is 5.04. The standard InChI is InChI=1S/C22H28N4O5S2/c1-2-31-22(28)17-8-9-19(23-16-17)24-10-5-11-25(14-13-24)21(27)18-6-3-12-26(18)33(29,30)20-7-4-15-32-20/h4,7-9,15-16,18H,2-3,5-6,10-14H2,1H3. The molecule has 11 heteroatoms. The Balaban J connectivity index is 1.41. The summed E-state index contributed by atoms with van der Waals surface area (Å²) in [5, 5.41) is 1.73. The lowest BCUT2D eigenvalue weighted by Gasteiger charge is -2.29. The lowest BCUT2D eigenvalue weighted by molar-refractivity contribution is -0.134. The third-order valence-corrected chi connectivity index (χ3v) is 9.22. The van der Waals surface area contributed by atoms with Gasteiger partial charge in [-0.1, -0.05) is 6.07 Å². The van der Waals surface area contributed by atoms with Crippen LogP contribution in [0.2, 0.25) is 0 Å². The number of nitrogens with zero attached hydrogens (tertiary/aromatic N) is 4. The topological polar surface area (TPSA) is 100 Å². The lowest BCUT2D eigenvalue weighted by atomic mass is 10.2. The Hall–Kier alpha value is -2.50. The summed E-state index contributed by atoms with van der Waals surface area (Å²) < 4.78 is 32.7. The highest BCUT2D eigenvalue weighted by molar-refractivity contribution is 7.91.